The molecule has 0 radical (unpaired) electrons. The number of fused-ring (bicyclic) bond motifs is 1. The Morgan fingerprint density at radius 2 is 1.86 bits per heavy atom. The zero-order chi connectivity index (χ0) is 19.5. The standard InChI is InChI=1S/C21H14Cl2N2O3/c22-14-7-9-19-18(11-14)25-21(28-19)13-6-8-16(23)17(10-13)24-20(26)12-27-15-4-2-1-3-5-15/h1-11H,12H2,(H,24,26). The lowest BCUT2D eigenvalue weighted by molar-refractivity contribution is -0.118. The predicted octanol–water partition coefficient (Wildman–Crippen LogP) is 5.82. The molecule has 0 bridgehead atoms. The van der Waals surface area contributed by atoms with Crippen molar-refractivity contribution in [2.75, 3.05) is 11.9 Å². The van der Waals surface area contributed by atoms with Crippen molar-refractivity contribution in [2.24, 2.45) is 0 Å². The van der Waals surface area contributed by atoms with Gasteiger partial charge in [0.2, 0.25) is 5.89 Å². The van der Waals surface area contributed by atoms with E-state index in [1.807, 2.05) is 18.2 Å². The second kappa shape index (κ2) is 7.92. The molecule has 1 aromatic heterocycles. The van der Waals surface area contributed by atoms with Gasteiger partial charge in [0.15, 0.2) is 12.2 Å². The van der Waals surface area contributed by atoms with Crippen LogP contribution >= 0.6 is 23.2 Å². The van der Waals surface area contributed by atoms with E-state index in [1.54, 1.807) is 48.5 Å². The molecule has 3 aromatic carbocycles. The van der Waals surface area contributed by atoms with Crippen molar-refractivity contribution < 1.29 is 13.9 Å². The number of nitrogens with zero attached hydrogens (tertiary/aromatic N) is 1. The number of carbonyl (C=O) groups is 1. The Morgan fingerprint density at radius 3 is 2.68 bits per heavy atom. The molecule has 4 aromatic rings. The van der Waals surface area contributed by atoms with Gasteiger partial charge in [-0.1, -0.05) is 41.4 Å². The second-order valence-corrected chi connectivity index (χ2v) is 6.82. The molecule has 0 aliphatic rings. The molecule has 1 amide bonds. The van der Waals surface area contributed by atoms with Crippen molar-refractivity contribution in [1.82, 2.24) is 4.98 Å². The lowest BCUT2D eigenvalue weighted by atomic mass is 10.2. The van der Waals surface area contributed by atoms with E-state index >= 15 is 0 Å². The van der Waals surface area contributed by atoms with Gasteiger partial charge in [-0.05, 0) is 48.5 Å². The number of halogens is 2. The number of hydrogen-bond acceptors (Lipinski definition) is 4. The Labute approximate surface area is 170 Å². The van der Waals surface area contributed by atoms with Crippen molar-refractivity contribution in [3.05, 3.63) is 76.8 Å². The summed E-state index contributed by atoms with van der Waals surface area (Å²) in [5, 5.41) is 3.72. The molecular weight excluding hydrogens is 399 g/mol. The van der Waals surface area contributed by atoms with Gasteiger partial charge in [-0.3, -0.25) is 4.79 Å². The van der Waals surface area contributed by atoms with E-state index in [0.29, 0.717) is 44.0 Å². The number of hydrogen-bond donors (Lipinski definition) is 1. The maximum Gasteiger partial charge on any atom is 0.262 e. The molecule has 0 saturated heterocycles. The van der Waals surface area contributed by atoms with Crippen LogP contribution in [0.25, 0.3) is 22.6 Å². The summed E-state index contributed by atoms with van der Waals surface area (Å²) in [5.74, 6) is 0.694. The molecule has 0 atom stereocenters. The fourth-order valence-corrected chi connectivity index (χ4v) is 2.96. The monoisotopic (exact) mass is 412 g/mol. The zero-order valence-electron chi connectivity index (χ0n) is 14.5. The summed E-state index contributed by atoms with van der Waals surface area (Å²) in [5.41, 5.74) is 2.40. The number of oxazole rings is 1. The Morgan fingerprint density at radius 1 is 1.04 bits per heavy atom. The highest BCUT2D eigenvalue weighted by molar-refractivity contribution is 6.33. The minimum absolute atomic E-state index is 0.133. The van der Waals surface area contributed by atoms with E-state index in [-0.39, 0.29) is 12.5 Å². The Kier molecular flexibility index (Phi) is 5.19. The molecule has 28 heavy (non-hydrogen) atoms. The van der Waals surface area contributed by atoms with Crippen molar-refractivity contribution in [3.8, 4) is 17.2 Å². The fourth-order valence-electron chi connectivity index (χ4n) is 2.63. The van der Waals surface area contributed by atoms with E-state index in [9.17, 15) is 4.79 Å². The molecule has 7 heteroatoms. The molecule has 1 heterocycles. The molecule has 0 saturated carbocycles. The highest BCUT2D eigenvalue weighted by Crippen LogP contribution is 2.31. The second-order valence-electron chi connectivity index (χ2n) is 5.98. The molecule has 140 valence electrons. The van der Waals surface area contributed by atoms with E-state index in [1.165, 1.54) is 0 Å². The molecule has 0 fully saturated rings. The first-order chi connectivity index (χ1) is 13.6. The maximum absolute atomic E-state index is 12.2. The Hall–Kier alpha value is -3.02. The molecule has 5 nitrogen and oxygen atoms in total. The van der Waals surface area contributed by atoms with Gasteiger partial charge in [-0.2, -0.15) is 0 Å². The number of anilines is 1. The molecule has 0 aliphatic heterocycles. The summed E-state index contributed by atoms with van der Waals surface area (Å²) in [7, 11) is 0. The minimum Gasteiger partial charge on any atom is -0.484 e. The summed E-state index contributed by atoms with van der Waals surface area (Å²) in [6.45, 7) is -0.133. The van der Waals surface area contributed by atoms with Crippen LogP contribution in [0.3, 0.4) is 0 Å². The van der Waals surface area contributed by atoms with Gasteiger partial charge < -0.3 is 14.5 Å². The number of nitrogens with one attached hydrogen (secondary N) is 1. The van der Waals surface area contributed by atoms with Crippen LogP contribution in [0.5, 0.6) is 5.75 Å². The molecule has 0 spiro atoms. The largest absolute Gasteiger partial charge is 0.484 e. The van der Waals surface area contributed by atoms with Crippen LogP contribution in [0.15, 0.2) is 71.1 Å². The van der Waals surface area contributed by atoms with Gasteiger partial charge in [-0.15, -0.1) is 0 Å². The summed E-state index contributed by atoms with van der Waals surface area (Å²) in [4.78, 5) is 16.7. The van der Waals surface area contributed by atoms with E-state index in [4.69, 9.17) is 32.4 Å². The van der Waals surface area contributed by atoms with Crippen LogP contribution in [-0.2, 0) is 4.79 Å². The van der Waals surface area contributed by atoms with E-state index in [2.05, 4.69) is 10.3 Å². The van der Waals surface area contributed by atoms with Crippen LogP contribution in [0.4, 0.5) is 5.69 Å². The van der Waals surface area contributed by atoms with Crippen molar-refractivity contribution in [1.29, 1.82) is 0 Å². The smallest absolute Gasteiger partial charge is 0.262 e. The normalized spacial score (nSPS) is 10.8. The number of ether oxygens (including phenoxy) is 1. The summed E-state index contributed by atoms with van der Waals surface area (Å²) in [6, 6.07) is 19.5. The van der Waals surface area contributed by atoms with Crippen LogP contribution < -0.4 is 10.1 Å². The van der Waals surface area contributed by atoms with Gasteiger partial charge in [0.25, 0.3) is 5.91 Å². The topological polar surface area (TPSA) is 64.4 Å². The van der Waals surface area contributed by atoms with Crippen LogP contribution in [0.2, 0.25) is 10.0 Å². The third-order valence-electron chi connectivity index (χ3n) is 3.95. The first kappa shape index (κ1) is 18.3. The van der Waals surface area contributed by atoms with Crippen LogP contribution in [0.1, 0.15) is 0 Å². The predicted molar refractivity (Wildman–Crippen MR) is 110 cm³/mol. The number of aromatic nitrogens is 1. The van der Waals surface area contributed by atoms with Crippen molar-refractivity contribution in [2.45, 2.75) is 0 Å². The lowest BCUT2D eigenvalue weighted by Gasteiger charge is -2.09. The number of rotatable bonds is 5. The molecule has 1 N–H and O–H groups in total. The Balaban J connectivity index is 1.52. The number of benzene rings is 3. The fraction of sp³-hybridized carbons (Fsp3) is 0.0476. The van der Waals surface area contributed by atoms with Crippen molar-refractivity contribution >= 4 is 45.9 Å². The number of amides is 1. The number of para-hydroxylation sites is 1. The molecule has 0 aliphatic carbocycles. The highest BCUT2D eigenvalue weighted by atomic mass is 35.5. The van der Waals surface area contributed by atoms with Crippen LogP contribution in [-0.4, -0.2) is 17.5 Å². The average molecular weight is 413 g/mol. The van der Waals surface area contributed by atoms with Gasteiger partial charge in [0.1, 0.15) is 11.3 Å². The first-order valence-electron chi connectivity index (χ1n) is 8.42. The summed E-state index contributed by atoms with van der Waals surface area (Å²) < 4.78 is 11.2. The first-order valence-corrected chi connectivity index (χ1v) is 9.18. The van der Waals surface area contributed by atoms with Gasteiger partial charge >= 0.3 is 0 Å². The lowest BCUT2D eigenvalue weighted by Crippen LogP contribution is -2.20. The molecule has 0 unspecified atom stereocenters. The SMILES string of the molecule is O=C(COc1ccccc1)Nc1cc(-c2nc3cc(Cl)ccc3o2)ccc1Cl. The van der Waals surface area contributed by atoms with E-state index in [0.717, 1.165) is 0 Å². The van der Waals surface area contributed by atoms with Gasteiger partial charge in [0.05, 0.1) is 10.7 Å². The highest BCUT2D eigenvalue weighted by Gasteiger charge is 2.13. The summed E-state index contributed by atoms with van der Waals surface area (Å²) >= 11 is 12.2. The molecule has 4 rings (SSSR count). The average Bonchev–Trinajstić information content (AvgIpc) is 3.12. The molecular formula is C21H14Cl2N2O3. The maximum atomic E-state index is 12.2. The Bertz CT molecular complexity index is 1140. The minimum atomic E-state index is -0.327. The van der Waals surface area contributed by atoms with Gasteiger partial charge in [0, 0.05) is 10.6 Å². The summed E-state index contributed by atoms with van der Waals surface area (Å²) in [6.07, 6.45) is 0. The van der Waals surface area contributed by atoms with E-state index < -0.39 is 0 Å². The van der Waals surface area contributed by atoms with Crippen molar-refractivity contribution in [3.63, 3.8) is 0 Å². The van der Waals surface area contributed by atoms with Gasteiger partial charge in [-0.25, -0.2) is 4.98 Å². The number of carbonyl (C=O) groups excluding carboxylic acids is 1. The van der Waals surface area contributed by atoms with Crippen LogP contribution in [0, 0.1) is 0 Å². The quantitative estimate of drug-likeness (QED) is 0.448. The third kappa shape index (κ3) is 4.11. The third-order valence-corrected chi connectivity index (χ3v) is 4.51. The zero-order valence-corrected chi connectivity index (χ0v) is 16.0.